The summed E-state index contributed by atoms with van der Waals surface area (Å²) in [6, 6.07) is 13.6. The molecule has 0 unspecified atom stereocenters. The van der Waals surface area contributed by atoms with Crippen LogP contribution in [-0.2, 0) is 0 Å². The van der Waals surface area contributed by atoms with Gasteiger partial charge >= 0.3 is 0 Å². The molecule has 49 heavy (non-hydrogen) atoms. The van der Waals surface area contributed by atoms with Crippen LogP contribution in [0.15, 0.2) is 182 Å². The topological polar surface area (TPSA) is 43.6 Å². The molecule has 0 aliphatic carbocycles. The zero-order chi connectivity index (χ0) is 46.5. The molecule has 2 aromatic heterocycles. The van der Waals surface area contributed by atoms with E-state index < -0.39 is 119 Å². The van der Waals surface area contributed by atoms with E-state index in [1.54, 1.807) is 42.5 Å². The Morgan fingerprint density at radius 3 is 1.63 bits per heavy atom. The second-order valence-electron chi connectivity index (χ2n) is 10.9. The van der Waals surface area contributed by atoms with Crippen molar-refractivity contribution in [3.63, 3.8) is 0 Å². The first-order chi connectivity index (χ1) is 31.0. The van der Waals surface area contributed by atoms with Gasteiger partial charge in [0.25, 0.3) is 0 Å². The van der Waals surface area contributed by atoms with E-state index in [2.05, 4.69) is 0 Å². The van der Waals surface area contributed by atoms with Gasteiger partial charge in [-0.25, -0.2) is 15.0 Å². The Morgan fingerprint density at radius 2 is 0.918 bits per heavy atom. The molecule has 0 atom stereocenters. The van der Waals surface area contributed by atoms with Crippen molar-refractivity contribution in [2.75, 3.05) is 0 Å². The zero-order valence-electron chi connectivity index (χ0n) is 41.4. The Morgan fingerprint density at radius 1 is 0.388 bits per heavy atom. The minimum Gasteiger partial charge on any atom is -0.308 e. The normalized spacial score (nSPS) is 15.8. The average molecular weight is 643 g/mol. The van der Waals surface area contributed by atoms with Gasteiger partial charge in [0.1, 0.15) is 0 Å². The van der Waals surface area contributed by atoms with Crippen LogP contribution in [0.5, 0.6) is 0 Å². The largest absolute Gasteiger partial charge is 0.308 e. The number of para-hydroxylation sites is 2. The summed E-state index contributed by atoms with van der Waals surface area (Å²) in [6.07, 6.45) is 0. The van der Waals surface area contributed by atoms with Crippen molar-refractivity contribution in [3.8, 4) is 62.1 Å². The highest BCUT2D eigenvalue weighted by atomic mass is 15.0. The second kappa shape index (κ2) is 12.2. The van der Waals surface area contributed by atoms with Gasteiger partial charge in [-0.2, -0.15) is 0 Å². The van der Waals surface area contributed by atoms with E-state index in [0.717, 1.165) is 15.7 Å². The minimum absolute atomic E-state index is 0.113. The second-order valence-corrected chi connectivity index (χ2v) is 10.9. The Hall–Kier alpha value is -6.65. The number of aromatic nitrogens is 4. The van der Waals surface area contributed by atoms with Gasteiger partial charge in [0.2, 0.25) is 0 Å². The number of rotatable bonds is 6. The molecule has 4 heteroatoms. The molecule has 0 aliphatic rings. The molecule has 0 spiro atoms. The summed E-state index contributed by atoms with van der Waals surface area (Å²) in [4.78, 5) is 14.4. The summed E-state index contributed by atoms with van der Waals surface area (Å²) in [7, 11) is 0. The molecule has 0 fully saturated rings. The lowest BCUT2D eigenvalue weighted by Gasteiger charge is -2.13. The highest BCUT2D eigenvalue weighted by Gasteiger charge is 2.20. The van der Waals surface area contributed by atoms with Crippen molar-refractivity contribution < 1.29 is 21.9 Å². The molecule has 230 valence electrons. The predicted molar refractivity (Wildman–Crippen MR) is 201 cm³/mol. The lowest BCUT2D eigenvalue weighted by Crippen LogP contribution is -2.02. The fourth-order valence-electron chi connectivity index (χ4n) is 5.65. The lowest BCUT2D eigenvalue weighted by atomic mass is 10.0. The van der Waals surface area contributed by atoms with Crippen LogP contribution in [0.1, 0.15) is 21.9 Å². The highest BCUT2D eigenvalue weighted by Crippen LogP contribution is 2.38. The molecule has 0 saturated carbocycles. The number of hydrogen-bond donors (Lipinski definition) is 0. The van der Waals surface area contributed by atoms with Crippen molar-refractivity contribution in [1.29, 1.82) is 0 Å². The Balaban J connectivity index is 1.44. The number of fused-ring (bicyclic) bond motifs is 3. The van der Waals surface area contributed by atoms with Gasteiger partial charge in [-0.3, -0.25) is 0 Å². The first-order valence-electron chi connectivity index (χ1n) is 23.2. The molecule has 0 saturated heterocycles. The molecule has 7 aromatic carbocycles. The van der Waals surface area contributed by atoms with Crippen molar-refractivity contribution in [1.82, 2.24) is 19.5 Å². The van der Waals surface area contributed by atoms with Crippen LogP contribution in [0.4, 0.5) is 0 Å². The van der Waals surface area contributed by atoms with E-state index in [0.29, 0.717) is 11.1 Å². The van der Waals surface area contributed by atoms with Crippen LogP contribution >= 0.6 is 0 Å². The van der Waals surface area contributed by atoms with Gasteiger partial charge in [0, 0.05) is 33.2 Å². The molecule has 4 nitrogen and oxygen atoms in total. The average Bonchev–Trinajstić information content (AvgIpc) is 3.67. The van der Waals surface area contributed by atoms with E-state index in [1.165, 1.54) is 0 Å². The maximum atomic E-state index is 9.45. The van der Waals surface area contributed by atoms with Crippen molar-refractivity contribution in [2.24, 2.45) is 0 Å². The van der Waals surface area contributed by atoms with Crippen LogP contribution in [-0.4, -0.2) is 19.5 Å². The minimum atomic E-state index is -0.863. The molecule has 0 N–H and O–H groups in total. The van der Waals surface area contributed by atoms with Crippen molar-refractivity contribution in [3.05, 3.63) is 182 Å². The van der Waals surface area contributed by atoms with Gasteiger partial charge < -0.3 is 4.57 Å². The van der Waals surface area contributed by atoms with Crippen LogP contribution in [0.25, 0.3) is 83.9 Å². The van der Waals surface area contributed by atoms with Gasteiger partial charge in [0.15, 0.2) is 17.5 Å². The first-order valence-corrected chi connectivity index (χ1v) is 15.2. The predicted octanol–water partition coefficient (Wildman–Crippen LogP) is 11.3. The Labute approximate surface area is 307 Å². The summed E-state index contributed by atoms with van der Waals surface area (Å²) >= 11 is 0. The summed E-state index contributed by atoms with van der Waals surface area (Å²) in [5, 5.41) is -0.628. The molecular weight excluding hydrogens is 597 g/mol. The SMILES string of the molecule is [2H]c1c([2H])c([2H])c(-c2c([2H])c([2H])c(-n3c4c([2H])c([2H])c([2H])c([2H])c4c4c([2H])c([2H])c([2H])c(-c5nc(-c6ccccc6)nc(-c6ccc(-c7ccccc7)cc6)n5)c43)c([2H])c2[2H])c([2H])c1[2H]. The first kappa shape index (κ1) is 16.4. The summed E-state index contributed by atoms with van der Waals surface area (Å²) in [5.41, 5.74) is -0.0184. The molecule has 0 aliphatic heterocycles. The molecule has 0 radical (unpaired) electrons. The number of benzene rings is 7. The van der Waals surface area contributed by atoms with Crippen LogP contribution in [0.2, 0.25) is 0 Å². The van der Waals surface area contributed by atoms with E-state index in [1.807, 2.05) is 42.5 Å². The van der Waals surface area contributed by atoms with Gasteiger partial charge in [-0.05, 0) is 46.4 Å². The smallest absolute Gasteiger partial charge is 0.166 e. The monoisotopic (exact) mass is 642 g/mol. The third-order valence-corrected chi connectivity index (χ3v) is 7.94. The van der Waals surface area contributed by atoms with Crippen LogP contribution in [0.3, 0.4) is 0 Å². The highest BCUT2D eigenvalue weighted by molar-refractivity contribution is 6.13. The summed E-state index contributed by atoms with van der Waals surface area (Å²) < 4.78 is 143. The fraction of sp³-hybridized carbons (Fsp3) is 0. The van der Waals surface area contributed by atoms with E-state index in [-0.39, 0.29) is 39.3 Å². The van der Waals surface area contributed by atoms with Crippen LogP contribution in [0, 0.1) is 0 Å². The summed E-state index contributed by atoms with van der Waals surface area (Å²) in [5.74, 6) is -0.0256. The Bertz CT molecular complexity index is 3430. The molecule has 2 heterocycles. The van der Waals surface area contributed by atoms with Gasteiger partial charge in [-0.15, -0.1) is 0 Å². The number of nitrogens with zero attached hydrogens (tertiary/aromatic N) is 4. The third-order valence-electron chi connectivity index (χ3n) is 7.94. The van der Waals surface area contributed by atoms with E-state index in [9.17, 15) is 9.60 Å². The van der Waals surface area contributed by atoms with E-state index in [4.69, 9.17) is 27.3 Å². The molecule has 9 rings (SSSR count). The summed E-state index contributed by atoms with van der Waals surface area (Å²) in [6.45, 7) is 0. The van der Waals surface area contributed by atoms with Gasteiger partial charge in [-0.1, -0.05) is 157 Å². The quantitative estimate of drug-likeness (QED) is 0.181. The number of hydrogen-bond acceptors (Lipinski definition) is 3. The molecule has 9 aromatic rings. The molecule has 0 bridgehead atoms. The zero-order valence-corrected chi connectivity index (χ0v) is 25.4. The maximum Gasteiger partial charge on any atom is 0.166 e. The molecular formula is C45H30N4. The lowest BCUT2D eigenvalue weighted by molar-refractivity contribution is 1.07. The van der Waals surface area contributed by atoms with Crippen molar-refractivity contribution in [2.45, 2.75) is 0 Å². The van der Waals surface area contributed by atoms with Crippen LogP contribution < -0.4 is 0 Å². The molecule has 0 amide bonds. The standard InChI is InChI=1S/C45H30N4/c1-4-13-31(14-5-1)33-23-25-36(26-24-33)44-46-43(35-17-8-3-9-18-35)47-45(48-44)40-21-12-20-39-38-19-10-11-22-41(38)49(42(39)40)37-29-27-34(28-30-37)32-15-6-2-7-16-32/h1-30H/i2D,6D,7D,10D,11D,12D,15D,16D,19D,20D,21D,22D,27D,28D,29D,30D. The van der Waals surface area contributed by atoms with Crippen molar-refractivity contribution >= 4 is 21.8 Å². The Kier molecular flexibility index (Phi) is 4.09. The maximum absolute atomic E-state index is 9.45. The fourth-order valence-corrected chi connectivity index (χ4v) is 5.65. The van der Waals surface area contributed by atoms with Gasteiger partial charge in [0.05, 0.1) is 33.0 Å². The van der Waals surface area contributed by atoms with E-state index >= 15 is 0 Å². The third kappa shape index (κ3) is 5.26.